The number of rotatable bonds is 8. The van der Waals surface area contributed by atoms with Gasteiger partial charge in [-0.05, 0) is 46.5 Å². The maximum absolute atomic E-state index is 14.1. The molecule has 48 heavy (non-hydrogen) atoms. The Kier molecular flexibility index (Phi) is 9.44. The minimum atomic E-state index is -4.57. The van der Waals surface area contributed by atoms with Crippen molar-refractivity contribution in [3.63, 3.8) is 0 Å². The number of piperazine rings is 1. The molecule has 8 nitrogen and oxygen atoms in total. The average molecular weight is 660 g/mol. The van der Waals surface area contributed by atoms with Gasteiger partial charge in [0.15, 0.2) is 0 Å². The molecule has 0 spiro atoms. The number of urea groups is 1. The normalized spacial score (nSPS) is 18.5. The Morgan fingerprint density at radius 3 is 2.08 bits per heavy atom. The number of alkyl halides is 3. The summed E-state index contributed by atoms with van der Waals surface area (Å²) in [6.07, 6.45) is -5.42. The van der Waals surface area contributed by atoms with Gasteiger partial charge >= 0.3 is 12.2 Å². The van der Waals surface area contributed by atoms with E-state index >= 15 is 0 Å². The second-order valence-corrected chi connectivity index (χ2v) is 11.8. The van der Waals surface area contributed by atoms with Crippen LogP contribution >= 0.6 is 0 Å². The number of fused-ring (bicyclic) bond motifs is 1. The quantitative estimate of drug-likeness (QED) is 0.250. The molecule has 2 aliphatic heterocycles. The Balaban J connectivity index is 1.37. The van der Waals surface area contributed by atoms with E-state index in [4.69, 9.17) is 0 Å². The zero-order valence-electron chi connectivity index (χ0n) is 25.8. The van der Waals surface area contributed by atoms with Crippen LogP contribution < -0.4 is 5.32 Å². The van der Waals surface area contributed by atoms with E-state index in [1.807, 2.05) is 60.7 Å². The van der Waals surface area contributed by atoms with Gasteiger partial charge in [0, 0.05) is 26.1 Å². The predicted octanol–water partition coefficient (Wildman–Crippen LogP) is 5.60. The molecular formula is C36H33F4N5O3. The Labute approximate surface area is 275 Å². The molecule has 12 heteroatoms. The fraction of sp³-hybridized carbons (Fsp3) is 0.250. The van der Waals surface area contributed by atoms with Crippen LogP contribution in [0.3, 0.4) is 0 Å². The summed E-state index contributed by atoms with van der Waals surface area (Å²) >= 11 is 0. The zero-order valence-corrected chi connectivity index (χ0v) is 25.8. The predicted molar refractivity (Wildman–Crippen MR) is 169 cm³/mol. The number of nitrogens with one attached hydrogen (secondary N) is 1. The Morgan fingerprint density at radius 1 is 0.771 bits per heavy atom. The smallest absolute Gasteiger partial charge is 0.333 e. The van der Waals surface area contributed by atoms with Gasteiger partial charge in [0.25, 0.3) is 0 Å². The largest absolute Gasteiger partial charge is 0.416 e. The lowest BCUT2D eigenvalue weighted by Gasteiger charge is -2.55. The molecule has 4 amide bonds. The van der Waals surface area contributed by atoms with Crippen molar-refractivity contribution in [2.24, 2.45) is 0 Å². The summed E-state index contributed by atoms with van der Waals surface area (Å²) < 4.78 is 54.4. The molecule has 2 saturated heterocycles. The number of amides is 4. The van der Waals surface area contributed by atoms with Crippen LogP contribution in [0.4, 0.5) is 22.4 Å². The molecule has 2 heterocycles. The van der Waals surface area contributed by atoms with Gasteiger partial charge in [-0.2, -0.15) is 13.2 Å². The highest BCUT2D eigenvalue weighted by atomic mass is 19.4. The van der Waals surface area contributed by atoms with Gasteiger partial charge in [0.2, 0.25) is 11.8 Å². The topological polar surface area (TPSA) is 76.2 Å². The highest BCUT2D eigenvalue weighted by molar-refractivity contribution is 5.91. The van der Waals surface area contributed by atoms with E-state index < -0.39 is 41.7 Å². The number of carbonyl (C=O) groups is 3. The van der Waals surface area contributed by atoms with Crippen LogP contribution in [0.5, 0.6) is 0 Å². The van der Waals surface area contributed by atoms with Crippen LogP contribution in [0.15, 0.2) is 109 Å². The van der Waals surface area contributed by atoms with Crippen molar-refractivity contribution in [2.45, 2.75) is 44.4 Å². The van der Waals surface area contributed by atoms with Crippen LogP contribution in [0, 0.1) is 5.82 Å². The van der Waals surface area contributed by atoms with Gasteiger partial charge in [0.05, 0.1) is 18.7 Å². The molecule has 0 unspecified atom stereocenters. The van der Waals surface area contributed by atoms with E-state index in [1.54, 1.807) is 17.1 Å². The number of halogens is 4. The van der Waals surface area contributed by atoms with Crippen molar-refractivity contribution in [1.29, 1.82) is 0 Å². The van der Waals surface area contributed by atoms with Gasteiger partial charge < -0.3 is 15.1 Å². The first-order valence-electron chi connectivity index (χ1n) is 15.5. The monoisotopic (exact) mass is 659 g/mol. The minimum Gasteiger partial charge on any atom is -0.333 e. The molecule has 4 aromatic carbocycles. The van der Waals surface area contributed by atoms with Crippen molar-refractivity contribution in [3.8, 4) is 0 Å². The number of nitrogens with zero attached hydrogens (tertiary/aromatic N) is 4. The molecule has 0 aliphatic carbocycles. The Hall–Kier alpha value is -5.23. The number of hydrogen-bond donors (Lipinski definition) is 1. The number of hydrogen-bond acceptors (Lipinski definition) is 4. The van der Waals surface area contributed by atoms with Crippen molar-refractivity contribution < 1.29 is 31.9 Å². The highest BCUT2D eigenvalue weighted by Gasteiger charge is 2.51. The van der Waals surface area contributed by atoms with Gasteiger partial charge in [-0.3, -0.25) is 9.59 Å². The van der Waals surface area contributed by atoms with E-state index in [9.17, 15) is 31.9 Å². The second kappa shape index (κ2) is 13.9. The summed E-state index contributed by atoms with van der Waals surface area (Å²) in [5.74, 6) is -1.25. The number of benzene rings is 4. The number of hydrazine groups is 1. The molecular weight excluding hydrogens is 626 g/mol. The van der Waals surface area contributed by atoms with Gasteiger partial charge in [-0.1, -0.05) is 84.9 Å². The van der Waals surface area contributed by atoms with Crippen LogP contribution in [-0.2, 0) is 41.8 Å². The first-order chi connectivity index (χ1) is 23.1. The lowest BCUT2D eigenvalue weighted by molar-refractivity contribution is -0.192. The minimum absolute atomic E-state index is 0.0834. The molecule has 0 radical (unpaired) electrons. The maximum atomic E-state index is 14.1. The standard InChI is InChI=1S/C36H33F4N5O3/c37-30-16-14-27(15-17-30)22-43-24-33(46)44-31(19-25-8-3-1-4-9-25)34(47)42(21-28-12-7-13-29(18-28)36(38,39)40)23-32(44)45(43)35(48)41-20-26-10-5-2-6-11-26/h1-18,31-32H,19-24H2,(H,41,48)/t31-,32-/m1/s1. The highest BCUT2D eigenvalue weighted by Crippen LogP contribution is 2.32. The lowest BCUT2D eigenvalue weighted by atomic mass is 9.98. The van der Waals surface area contributed by atoms with Crippen molar-refractivity contribution >= 4 is 17.8 Å². The average Bonchev–Trinajstić information content (AvgIpc) is 3.07. The SMILES string of the molecule is O=C1[C@@H](Cc2ccccc2)N2C(=O)CN(Cc3ccc(F)cc3)N(C(=O)NCc3ccccc3)[C@@H]2CN1Cc1cccc(C(F)(F)F)c1. The molecule has 0 bridgehead atoms. The van der Waals surface area contributed by atoms with E-state index in [0.717, 1.165) is 23.3 Å². The molecule has 2 aliphatic rings. The van der Waals surface area contributed by atoms with E-state index in [0.29, 0.717) is 5.56 Å². The summed E-state index contributed by atoms with van der Waals surface area (Å²) in [5.41, 5.74) is 1.68. The third-order valence-electron chi connectivity index (χ3n) is 8.50. The molecule has 6 rings (SSSR count). The van der Waals surface area contributed by atoms with Crippen LogP contribution in [0.2, 0.25) is 0 Å². The summed E-state index contributed by atoms with van der Waals surface area (Å²) in [5, 5.41) is 5.90. The molecule has 1 N–H and O–H groups in total. The molecule has 2 fully saturated rings. The van der Waals surface area contributed by atoms with Crippen LogP contribution in [0.25, 0.3) is 0 Å². The summed E-state index contributed by atoms with van der Waals surface area (Å²) in [4.78, 5) is 45.1. The van der Waals surface area contributed by atoms with Gasteiger partial charge in [-0.15, -0.1) is 0 Å². The van der Waals surface area contributed by atoms with Gasteiger partial charge in [-0.25, -0.2) is 19.2 Å². The molecule has 4 aromatic rings. The first kappa shape index (κ1) is 32.7. The van der Waals surface area contributed by atoms with Crippen molar-refractivity contribution in [1.82, 2.24) is 25.1 Å². The molecule has 0 saturated carbocycles. The Morgan fingerprint density at radius 2 is 1.42 bits per heavy atom. The summed E-state index contributed by atoms with van der Waals surface area (Å²) in [6, 6.07) is 27.3. The van der Waals surface area contributed by atoms with E-state index in [-0.39, 0.29) is 50.6 Å². The van der Waals surface area contributed by atoms with Gasteiger partial charge in [0.1, 0.15) is 18.0 Å². The fourth-order valence-corrected chi connectivity index (χ4v) is 6.23. The summed E-state index contributed by atoms with van der Waals surface area (Å²) in [6.45, 7) is -0.283. The zero-order chi connectivity index (χ0) is 33.8. The van der Waals surface area contributed by atoms with Crippen molar-refractivity contribution in [3.05, 3.63) is 143 Å². The molecule has 2 atom stereocenters. The van der Waals surface area contributed by atoms with Crippen LogP contribution in [0.1, 0.15) is 27.8 Å². The second-order valence-electron chi connectivity index (χ2n) is 11.8. The first-order valence-corrected chi connectivity index (χ1v) is 15.5. The third-order valence-corrected chi connectivity index (χ3v) is 8.50. The Bertz CT molecular complexity index is 1760. The summed E-state index contributed by atoms with van der Waals surface area (Å²) in [7, 11) is 0. The van der Waals surface area contributed by atoms with E-state index in [2.05, 4.69) is 5.32 Å². The third kappa shape index (κ3) is 7.33. The molecule has 0 aromatic heterocycles. The van der Waals surface area contributed by atoms with E-state index in [1.165, 1.54) is 39.1 Å². The lowest BCUT2D eigenvalue weighted by Crippen LogP contribution is -2.76. The molecule has 248 valence electrons. The van der Waals surface area contributed by atoms with Crippen molar-refractivity contribution in [2.75, 3.05) is 13.1 Å². The maximum Gasteiger partial charge on any atom is 0.416 e. The van der Waals surface area contributed by atoms with Crippen LogP contribution in [-0.4, -0.2) is 63.0 Å². The number of carbonyl (C=O) groups excluding carboxylic acids is 3. The fourth-order valence-electron chi connectivity index (χ4n) is 6.23.